The molecule has 0 spiro atoms. The summed E-state index contributed by atoms with van der Waals surface area (Å²) in [5.74, 6) is -0.0660. The molecule has 1 aliphatic heterocycles. The van der Waals surface area contributed by atoms with E-state index >= 15 is 0 Å². The van der Waals surface area contributed by atoms with E-state index in [4.69, 9.17) is 23.2 Å². The molecule has 0 aromatic heterocycles. The van der Waals surface area contributed by atoms with Crippen LogP contribution in [0.3, 0.4) is 0 Å². The second-order valence-corrected chi connectivity index (χ2v) is 6.52. The monoisotopic (exact) mass is 327 g/mol. The van der Waals surface area contributed by atoms with E-state index in [0.29, 0.717) is 29.6 Å². The highest BCUT2D eigenvalue weighted by Crippen LogP contribution is 2.23. The lowest BCUT2D eigenvalue weighted by Gasteiger charge is -2.21. The van der Waals surface area contributed by atoms with Gasteiger partial charge in [-0.1, -0.05) is 23.2 Å². The molecule has 1 fully saturated rings. The summed E-state index contributed by atoms with van der Waals surface area (Å²) in [6.07, 6.45) is 5.33. The van der Waals surface area contributed by atoms with Gasteiger partial charge in [0.25, 0.3) is 0 Å². The Kier molecular flexibility index (Phi) is 5.31. The number of rotatable bonds is 2. The number of likely N-dealkylation sites (tertiary alicyclic amines) is 1. The van der Waals surface area contributed by atoms with Crippen LogP contribution in [0.5, 0.6) is 0 Å². The average molecular weight is 328 g/mol. The third-order valence-electron chi connectivity index (χ3n) is 3.74. The highest BCUT2D eigenvalue weighted by Gasteiger charge is 2.26. The van der Waals surface area contributed by atoms with Crippen LogP contribution in [0.15, 0.2) is 24.3 Å². The Morgan fingerprint density at radius 1 is 1.33 bits per heavy atom. The zero-order valence-electron chi connectivity index (χ0n) is 12.0. The summed E-state index contributed by atoms with van der Waals surface area (Å²) in [5.41, 5.74) is 0.0500. The summed E-state index contributed by atoms with van der Waals surface area (Å²) in [7, 11) is 0. The summed E-state index contributed by atoms with van der Waals surface area (Å²) < 4.78 is 0. The van der Waals surface area contributed by atoms with Crippen LogP contribution in [-0.4, -0.2) is 34.6 Å². The van der Waals surface area contributed by atoms with Crippen LogP contribution in [0.2, 0.25) is 10.0 Å². The van der Waals surface area contributed by atoms with Crippen molar-refractivity contribution < 1.29 is 9.90 Å². The molecule has 1 aromatic rings. The van der Waals surface area contributed by atoms with Crippen LogP contribution in [0.25, 0.3) is 6.08 Å². The van der Waals surface area contributed by atoms with E-state index in [1.807, 2.05) is 6.92 Å². The minimum atomic E-state index is -0.672. The number of aliphatic hydroxyl groups is 1. The van der Waals surface area contributed by atoms with Gasteiger partial charge in [0, 0.05) is 29.2 Å². The first-order chi connectivity index (χ1) is 9.87. The van der Waals surface area contributed by atoms with Gasteiger partial charge in [-0.05, 0) is 56.0 Å². The zero-order chi connectivity index (χ0) is 15.5. The molecule has 5 heteroatoms. The molecular formula is C16H19Cl2NO2. The Labute approximate surface area is 135 Å². The minimum Gasteiger partial charge on any atom is -0.390 e. The number of nitrogens with zero attached hydrogens (tertiary/aromatic N) is 1. The van der Waals surface area contributed by atoms with E-state index in [2.05, 4.69) is 0 Å². The summed E-state index contributed by atoms with van der Waals surface area (Å²) in [6.45, 7) is 3.06. The van der Waals surface area contributed by atoms with Crippen LogP contribution >= 0.6 is 23.2 Å². The standard InChI is InChI=1S/C16H19Cl2NO2/c1-16(21)7-2-9-19(10-8-16)15(20)6-3-12-11-13(17)4-5-14(12)18/h3-6,11,21H,2,7-10H2,1H3/b6-3+. The molecule has 1 unspecified atom stereocenters. The van der Waals surface area contributed by atoms with Crippen molar-refractivity contribution in [3.05, 3.63) is 39.9 Å². The van der Waals surface area contributed by atoms with Crippen molar-refractivity contribution >= 4 is 35.2 Å². The lowest BCUT2D eigenvalue weighted by Crippen LogP contribution is -2.32. The number of carbonyl (C=O) groups excluding carboxylic acids is 1. The van der Waals surface area contributed by atoms with Gasteiger partial charge in [-0.15, -0.1) is 0 Å². The molecule has 1 amide bonds. The summed E-state index contributed by atoms with van der Waals surface area (Å²) in [6, 6.07) is 5.14. The van der Waals surface area contributed by atoms with Crippen molar-refractivity contribution in [1.29, 1.82) is 0 Å². The maximum atomic E-state index is 12.2. The summed E-state index contributed by atoms with van der Waals surface area (Å²) in [4.78, 5) is 14.0. The molecule has 1 atom stereocenters. The first-order valence-corrected chi connectivity index (χ1v) is 7.77. The molecule has 1 N–H and O–H groups in total. The zero-order valence-corrected chi connectivity index (χ0v) is 13.5. The van der Waals surface area contributed by atoms with Crippen molar-refractivity contribution in [2.75, 3.05) is 13.1 Å². The average Bonchev–Trinajstić information content (AvgIpc) is 2.60. The molecule has 0 saturated carbocycles. The van der Waals surface area contributed by atoms with Gasteiger partial charge < -0.3 is 10.0 Å². The van der Waals surface area contributed by atoms with Crippen LogP contribution < -0.4 is 0 Å². The molecule has 0 aliphatic carbocycles. The van der Waals surface area contributed by atoms with E-state index in [9.17, 15) is 9.90 Å². The largest absolute Gasteiger partial charge is 0.390 e. The maximum absolute atomic E-state index is 12.2. The Morgan fingerprint density at radius 3 is 2.86 bits per heavy atom. The second kappa shape index (κ2) is 6.82. The molecule has 3 nitrogen and oxygen atoms in total. The van der Waals surface area contributed by atoms with E-state index in [1.165, 1.54) is 6.08 Å². The number of benzene rings is 1. The van der Waals surface area contributed by atoms with Gasteiger partial charge in [-0.3, -0.25) is 4.79 Å². The first kappa shape index (κ1) is 16.3. The predicted octanol–water partition coefficient (Wildman–Crippen LogP) is 3.77. The van der Waals surface area contributed by atoms with Gasteiger partial charge in [-0.25, -0.2) is 0 Å². The van der Waals surface area contributed by atoms with Gasteiger partial charge in [0.05, 0.1) is 5.60 Å². The van der Waals surface area contributed by atoms with Crippen molar-refractivity contribution in [3.63, 3.8) is 0 Å². The summed E-state index contributed by atoms with van der Waals surface area (Å²) >= 11 is 12.0. The lowest BCUT2D eigenvalue weighted by atomic mass is 9.98. The van der Waals surface area contributed by atoms with Gasteiger partial charge in [-0.2, -0.15) is 0 Å². The number of hydrogen-bond acceptors (Lipinski definition) is 2. The molecule has 1 aromatic carbocycles. The SMILES string of the molecule is CC1(O)CCCN(C(=O)/C=C/c2cc(Cl)ccc2Cl)CC1. The number of hydrogen-bond donors (Lipinski definition) is 1. The number of amides is 1. The van der Waals surface area contributed by atoms with Crippen molar-refractivity contribution in [2.45, 2.75) is 31.8 Å². The van der Waals surface area contributed by atoms with Crippen LogP contribution in [0.1, 0.15) is 31.7 Å². The fourth-order valence-electron chi connectivity index (χ4n) is 2.39. The highest BCUT2D eigenvalue weighted by atomic mass is 35.5. The third kappa shape index (κ3) is 4.73. The van der Waals surface area contributed by atoms with E-state index in [-0.39, 0.29) is 5.91 Å². The Morgan fingerprint density at radius 2 is 2.10 bits per heavy atom. The molecule has 114 valence electrons. The molecule has 1 aliphatic rings. The van der Waals surface area contributed by atoms with Crippen LogP contribution in [-0.2, 0) is 4.79 Å². The Bertz CT molecular complexity index is 555. The molecular weight excluding hydrogens is 309 g/mol. The van der Waals surface area contributed by atoms with Gasteiger partial charge in [0.2, 0.25) is 5.91 Å². The van der Waals surface area contributed by atoms with Crippen molar-refractivity contribution in [1.82, 2.24) is 4.90 Å². The highest BCUT2D eigenvalue weighted by molar-refractivity contribution is 6.34. The van der Waals surface area contributed by atoms with Gasteiger partial charge in [0.15, 0.2) is 0 Å². The Balaban J connectivity index is 2.04. The van der Waals surface area contributed by atoms with Gasteiger partial charge >= 0.3 is 0 Å². The van der Waals surface area contributed by atoms with Crippen molar-refractivity contribution in [2.24, 2.45) is 0 Å². The maximum Gasteiger partial charge on any atom is 0.246 e. The fraction of sp³-hybridized carbons (Fsp3) is 0.438. The number of carbonyl (C=O) groups is 1. The third-order valence-corrected chi connectivity index (χ3v) is 4.32. The predicted molar refractivity (Wildman–Crippen MR) is 86.6 cm³/mol. The quantitative estimate of drug-likeness (QED) is 0.840. The normalized spacial score (nSPS) is 23.3. The topological polar surface area (TPSA) is 40.5 Å². The molecule has 0 bridgehead atoms. The smallest absolute Gasteiger partial charge is 0.246 e. The molecule has 2 rings (SSSR count). The minimum absolute atomic E-state index is 0.0660. The summed E-state index contributed by atoms with van der Waals surface area (Å²) in [5, 5.41) is 11.2. The van der Waals surface area contributed by atoms with E-state index in [0.717, 1.165) is 18.4 Å². The number of halogens is 2. The molecule has 0 radical (unpaired) electrons. The molecule has 1 saturated heterocycles. The van der Waals surface area contributed by atoms with Crippen LogP contribution in [0, 0.1) is 0 Å². The second-order valence-electron chi connectivity index (χ2n) is 5.67. The van der Waals surface area contributed by atoms with Crippen LogP contribution in [0.4, 0.5) is 0 Å². The first-order valence-electron chi connectivity index (χ1n) is 7.02. The van der Waals surface area contributed by atoms with Crippen molar-refractivity contribution in [3.8, 4) is 0 Å². The fourth-order valence-corrected chi connectivity index (χ4v) is 2.75. The lowest BCUT2D eigenvalue weighted by molar-refractivity contribution is -0.126. The van der Waals surface area contributed by atoms with Gasteiger partial charge in [0.1, 0.15) is 0 Å². The van der Waals surface area contributed by atoms with E-state index < -0.39 is 5.60 Å². The molecule has 21 heavy (non-hydrogen) atoms. The molecule has 1 heterocycles. The van der Waals surface area contributed by atoms with E-state index in [1.54, 1.807) is 29.2 Å². The Hall–Kier alpha value is -1.03.